The Kier molecular flexibility index (Phi) is 8.30. The van der Waals surface area contributed by atoms with Crippen molar-refractivity contribution in [3.05, 3.63) is 189 Å². The van der Waals surface area contributed by atoms with E-state index in [-0.39, 0.29) is 16.5 Å². The maximum absolute atomic E-state index is 13.8. The molecule has 50 heavy (non-hydrogen) atoms. The fraction of sp³-hybridized carbons (Fsp3) is 0.140. The Bertz CT molecular complexity index is 2340. The summed E-state index contributed by atoms with van der Waals surface area (Å²) in [7, 11) is 0. The number of hydrogen-bond donors (Lipinski definition) is 0. The van der Waals surface area contributed by atoms with E-state index in [1.165, 1.54) is 4.68 Å². The highest BCUT2D eigenvalue weighted by molar-refractivity contribution is 5.87. The van der Waals surface area contributed by atoms with Crippen molar-refractivity contribution in [1.82, 2.24) is 19.6 Å². The maximum Gasteiger partial charge on any atom is 0.279 e. The van der Waals surface area contributed by atoms with Gasteiger partial charge in [-0.2, -0.15) is 20.1 Å². The number of benzene rings is 5. The van der Waals surface area contributed by atoms with Crippen molar-refractivity contribution in [2.75, 3.05) is 0 Å². The zero-order valence-electron chi connectivity index (χ0n) is 28.1. The van der Waals surface area contributed by atoms with Gasteiger partial charge in [0.05, 0.1) is 45.2 Å². The van der Waals surface area contributed by atoms with Crippen LogP contribution in [0.25, 0.3) is 22.1 Å². The molecule has 0 amide bonds. The van der Waals surface area contributed by atoms with E-state index in [2.05, 4.69) is 68.3 Å². The molecule has 0 fully saturated rings. The Balaban J connectivity index is 1.37. The van der Waals surface area contributed by atoms with Crippen LogP contribution in [0.1, 0.15) is 64.6 Å². The van der Waals surface area contributed by atoms with E-state index < -0.39 is 5.41 Å². The minimum atomic E-state index is -0.681. The summed E-state index contributed by atoms with van der Waals surface area (Å²) in [6, 6.07) is 44.1. The van der Waals surface area contributed by atoms with Crippen LogP contribution in [-0.2, 0) is 17.3 Å². The lowest BCUT2D eigenvalue weighted by Crippen LogP contribution is -2.32. The first kappa shape index (κ1) is 32.2. The van der Waals surface area contributed by atoms with Crippen LogP contribution in [0.5, 0.6) is 0 Å². The van der Waals surface area contributed by atoms with Gasteiger partial charge in [0.1, 0.15) is 6.07 Å². The Morgan fingerprint density at radius 1 is 0.740 bits per heavy atom. The van der Waals surface area contributed by atoms with Crippen LogP contribution in [0.15, 0.2) is 145 Å². The zero-order valence-corrected chi connectivity index (χ0v) is 28.1. The van der Waals surface area contributed by atoms with E-state index in [0.29, 0.717) is 40.7 Å². The minimum absolute atomic E-state index is 0.0874. The van der Waals surface area contributed by atoms with Gasteiger partial charge < -0.3 is 0 Å². The largest absolute Gasteiger partial charge is 0.298 e. The summed E-state index contributed by atoms with van der Waals surface area (Å²) in [5.41, 5.74) is 5.11. The lowest BCUT2D eigenvalue weighted by Gasteiger charge is -2.35. The van der Waals surface area contributed by atoms with E-state index >= 15 is 0 Å². The fourth-order valence-corrected chi connectivity index (χ4v) is 6.82. The third-order valence-corrected chi connectivity index (χ3v) is 9.45. The molecule has 7 nitrogen and oxygen atoms in total. The highest BCUT2D eigenvalue weighted by Crippen LogP contribution is 2.42. The van der Waals surface area contributed by atoms with Crippen molar-refractivity contribution in [3.8, 4) is 17.4 Å². The van der Waals surface area contributed by atoms with E-state index in [9.17, 15) is 14.9 Å². The Morgan fingerprint density at radius 2 is 1.32 bits per heavy atom. The molecule has 0 N–H and O–H groups in total. The van der Waals surface area contributed by atoms with Crippen molar-refractivity contribution >= 4 is 17.1 Å². The van der Waals surface area contributed by atoms with Crippen LogP contribution in [0.3, 0.4) is 0 Å². The molecule has 7 rings (SSSR count). The van der Waals surface area contributed by atoms with Gasteiger partial charge in [-0.15, -0.1) is 0 Å². The SMILES string of the molecule is CC(C)(C)c1ccc2c(=O)n(-c3cccc(-n4cc(C#N)c(CC(c5ccccc5)(c5ccccc5)c5ccccc5)n4)c3C=O)ncc2c1. The summed E-state index contributed by atoms with van der Waals surface area (Å²) in [5, 5.41) is 21.1. The first-order chi connectivity index (χ1) is 24.2. The number of nitrogens with zero attached hydrogens (tertiary/aromatic N) is 5. The molecule has 5 aromatic carbocycles. The summed E-state index contributed by atoms with van der Waals surface area (Å²) in [4.78, 5) is 26.6. The highest BCUT2D eigenvalue weighted by atomic mass is 16.1. The van der Waals surface area contributed by atoms with Crippen LogP contribution in [0, 0.1) is 11.3 Å². The van der Waals surface area contributed by atoms with Gasteiger partial charge in [0.2, 0.25) is 0 Å². The lowest BCUT2D eigenvalue weighted by molar-refractivity contribution is 0.112. The molecular weight excluding hydrogens is 619 g/mol. The van der Waals surface area contributed by atoms with Crippen LogP contribution in [0.2, 0.25) is 0 Å². The van der Waals surface area contributed by atoms with Crippen LogP contribution in [-0.4, -0.2) is 25.8 Å². The van der Waals surface area contributed by atoms with Gasteiger partial charge in [-0.05, 0) is 51.9 Å². The van der Waals surface area contributed by atoms with Crippen molar-refractivity contribution in [1.29, 1.82) is 5.26 Å². The second-order valence-electron chi connectivity index (χ2n) is 13.5. The molecule has 0 spiro atoms. The molecule has 0 saturated carbocycles. The topological polar surface area (TPSA) is 93.6 Å². The third-order valence-electron chi connectivity index (χ3n) is 9.45. The standard InChI is InChI=1S/C43H35N5O2/c1-42(2,3)35-22-23-36-30(24-35)27-45-48(41(36)50)40-21-13-20-39(37(40)29-49)47-28-31(26-44)38(46-47)25-43(32-14-7-4-8-15-32,33-16-9-5-10-17-33)34-18-11-6-12-19-34/h4-24,27-29H,25H2,1-3H3. The average Bonchev–Trinajstić information content (AvgIpc) is 3.56. The van der Waals surface area contributed by atoms with Gasteiger partial charge in [-0.1, -0.05) is 124 Å². The van der Waals surface area contributed by atoms with E-state index in [4.69, 9.17) is 5.10 Å². The third kappa shape index (κ3) is 5.61. The Hall–Kier alpha value is -6.39. The summed E-state index contributed by atoms with van der Waals surface area (Å²) in [5.74, 6) is 0. The monoisotopic (exact) mass is 653 g/mol. The maximum atomic E-state index is 13.8. The predicted octanol–water partition coefficient (Wildman–Crippen LogP) is 8.13. The number of nitriles is 1. The minimum Gasteiger partial charge on any atom is -0.298 e. The molecule has 7 aromatic rings. The molecule has 0 unspecified atom stereocenters. The highest BCUT2D eigenvalue weighted by Gasteiger charge is 2.38. The molecule has 0 aliphatic carbocycles. The molecule has 0 radical (unpaired) electrons. The quantitative estimate of drug-likeness (QED) is 0.122. The second kappa shape index (κ2) is 12.9. The van der Waals surface area contributed by atoms with Gasteiger partial charge >= 0.3 is 0 Å². The number of fused-ring (bicyclic) bond motifs is 1. The van der Waals surface area contributed by atoms with Crippen molar-refractivity contribution in [3.63, 3.8) is 0 Å². The summed E-state index contributed by atoms with van der Waals surface area (Å²) in [6.07, 6.45) is 4.39. The van der Waals surface area contributed by atoms with Crippen molar-refractivity contribution < 1.29 is 4.79 Å². The van der Waals surface area contributed by atoms with Crippen LogP contribution >= 0.6 is 0 Å². The van der Waals surface area contributed by atoms with Crippen LogP contribution in [0.4, 0.5) is 0 Å². The molecular formula is C43H35N5O2. The van der Waals surface area contributed by atoms with Crippen LogP contribution < -0.4 is 5.56 Å². The van der Waals surface area contributed by atoms with Gasteiger partial charge in [0.15, 0.2) is 6.29 Å². The smallest absolute Gasteiger partial charge is 0.279 e. The first-order valence-corrected chi connectivity index (χ1v) is 16.5. The fourth-order valence-electron chi connectivity index (χ4n) is 6.82. The number of rotatable bonds is 8. The summed E-state index contributed by atoms with van der Waals surface area (Å²) >= 11 is 0. The zero-order chi connectivity index (χ0) is 34.9. The van der Waals surface area contributed by atoms with Gasteiger partial charge in [0, 0.05) is 18.0 Å². The molecule has 0 bridgehead atoms. The van der Waals surface area contributed by atoms with Crippen molar-refractivity contribution in [2.24, 2.45) is 0 Å². The number of aromatic nitrogens is 4. The molecule has 7 heteroatoms. The number of aldehydes is 1. The molecule has 0 atom stereocenters. The van der Waals surface area contributed by atoms with Crippen molar-refractivity contribution in [2.45, 2.75) is 38.0 Å². The number of carbonyl (C=O) groups excluding carboxylic acids is 1. The number of carbonyl (C=O) groups is 1. The molecule has 0 aliphatic rings. The van der Waals surface area contributed by atoms with E-state index in [1.54, 1.807) is 35.3 Å². The second-order valence-corrected chi connectivity index (χ2v) is 13.5. The van der Waals surface area contributed by atoms with E-state index in [0.717, 1.165) is 27.6 Å². The summed E-state index contributed by atoms with van der Waals surface area (Å²) < 4.78 is 2.82. The van der Waals surface area contributed by atoms with Gasteiger partial charge in [0.25, 0.3) is 5.56 Å². The number of hydrogen-bond acceptors (Lipinski definition) is 5. The van der Waals surface area contributed by atoms with Gasteiger partial charge in [-0.25, -0.2) is 4.68 Å². The Labute approximate surface area is 290 Å². The molecule has 0 saturated heterocycles. The molecule has 2 heterocycles. The first-order valence-electron chi connectivity index (χ1n) is 16.5. The Morgan fingerprint density at radius 3 is 1.86 bits per heavy atom. The normalized spacial score (nSPS) is 11.7. The van der Waals surface area contributed by atoms with E-state index in [1.807, 2.05) is 72.8 Å². The molecule has 2 aromatic heterocycles. The predicted molar refractivity (Wildman–Crippen MR) is 196 cm³/mol. The average molecular weight is 654 g/mol. The summed E-state index contributed by atoms with van der Waals surface area (Å²) in [6.45, 7) is 6.36. The van der Waals surface area contributed by atoms with Gasteiger partial charge in [-0.3, -0.25) is 9.59 Å². The lowest BCUT2D eigenvalue weighted by atomic mass is 9.66. The molecule has 244 valence electrons. The molecule has 0 aliphatic heterocycles.